The molecule has 68 valence electrons. The Morgan fingerprint density at radius 3 is 2.85 bits per heavy atom. The van der Waals surface area contributed by atoms with E-state index in [0.29, 0.717) is 5.92 Å². The lowest BCUT2D eigenvalue weighted by Gasteiger charge is -2.00. The van der Waals surface area contributed by atoms with E-state index in [1.54, 1.807) is 0 Å². The molecule has 0 spiro atoms. The number of hydrogen-bond donors (Lipinski definition) is 0. The van der Waals surface area contributed by atoms with Crippen molar-refractivity contribution in [2.24, 2.45) is 10.9 Å². The number of rotatable bonds is 1. The molecule has 0 amide bonds. The molecule has 1 aromatic heterocycles. The van der Waals surface area contributed by atoms with E-state index in [1.165, 1.54) is 11.3 Å². The molecule has 0 unspecified atom stereocenters. The minimum atomic E-state index is 0.537. The molecule has 0 bridgehead atoms. The first-order chi connectivity index (χ1) is 6.16. The fraction of sp³-hybridized carbons (Fsp3) is 0.455. The molecule has 1 aliphatic rings. The topological polar surface area (TPSA) is 25.2 Å². The molecule has 2 heteroatoms. The summed E-state index contributed by atoms with van der Waals surface area (Å²) in [6, 6.07) is 2.11. The van der Waals surface area contributed by atoms with Crippen LogP contribution in [0.4, 0.5) is 5.69 Å². The van der Waals surface area contributed by atoms with Crippen LogP contribution in [0.3, 0.4) is 0 Å². The molecule has 1 aromatic rings. The molecule has 0 atom stereocenters. The van der Waals surface area contributed by atoms with E-state index >= 15 is 0 Å². The molecular formula is C11H14N2. The summed E-state index contributed by atoms with van der Waals surface area (Å²) in [4.78, 5) is 8.94. The van der Waals surface area contributed by atoms with Gasteiger partial charge in [0.05, 0.1) is 11.4 Å². The summed E-state index contributed by atoms with van der Waals surface area (Å²) in [6.07, 6.45) is 2.85. The fourth-order valence-corrected chi connectivity index (χ4v) is 1.51. The number of fused-ring (bicyclic) bond motifs is 1. The molecule has 0 saturated carbocycles. The summed E-state index contributed by atoms with van der Waals surface area (Å²) in [6.45, 7) is 6.41. The highest BCUT2D eigenvalue weighted by Gasteiger charge is 2.17. The zero-order chi connectivity index (χ0) is 9.42. The minimum Gasteiger partial charge on any atom is -0.258 e. The summed E-state index contributed by atoms with van der Waals surface area (Å²) in [5.74, 6) is 0.537. The molecule has 0 saturated heterocycles. The Kier molecular flexibility index (Phi) is 1.91. The summed E-state index contributed by atoms with van der Waals surface area (Å²) >= 11 is 0. The van der Waals surface area contributed by atoms with Crippen molar-refractivity contribution in [3.05, 3.63) is 23.5 Å². The first-order valence-electron chi connectivity index (χ1n) is 4.70. The van der Waals surface area contributed by atoms with E-state index in [-0.39, 0.29) is 0 Å². The maximum atomic E-state index is 4.57. The molecule has 0 radical (unpaired) electrons. The molecule has 2 heterocycles. The summed E-state index contributed by atoms with van der Waals surface area (Å²) in [5, 5.41) is 0. The number of pyridine rings is 1. The Morgan fingerprint density at radius 2 is 2.15 bits per heavy atom. The number of aliphatic imine (C=N–C) groups is 1. The van der Waals surface area contributed by atoms with E-state index in [2.05, 4.69) is 36.8 Å². The molecule has 2 rings (SSSR count). The number of hydrogen-bond acceptors (Lipinski definition) is 2. The van der Waals surface area contributed by atoms with Crippen LogP contribution in [0.5, 0.6) is 0 Å². The van der Waals surface area contributed by atoms with Crippen molar-refractivity contribution < 1.29 is 0 Å². The zero-order valence-electron chi connectivity index (χ0n) is 8.33. The highest BCUT2D eigenvalue weighted by molar-refractivity contribution is 5.94. The lowest BCUT2D eigenvalue weighted by Crippen LogP contribution is -2.06. The van der Waals surface area contributed by atoms with Gasteiger partial charge in [0, 0.05) is 18.3 Å². The third kappa shape index (κ3) is 1.48. The van der Waals surface area contributed by atoms with Crippen molar-refractivity contribution >= 4 is 11.4 Å². The number of aromatic nitrogens is 1. The van der Waals surface area contributed by atoms with Gasteiger partial charge in [-0.1, -0.05) is 13.8 Å². The van der Waals surface area contributed by atoms with Crippen LogP contribution < -0.4 is 0 Å². The third-order valence-electron chi connectivity index (χ3n) is 2.36. The maximum absolute atomic E-state index is 4.57. The van der Waals surface area contributed by atoms with Crippen molar-refractivity contribution in [3.8, 4) is 0 Å². The quantitative estimate of drug-likeness (QED) is 0.642. The van der Waals surface area contributed by atoms with Crippen molar-refractivity contribution in [2.75, 3.05) is 0 Å². The van der Waals surface area contributed by atoms with Crippen LogP contribution in [-0.4, -0.2) is 10.7 Å². The lowest BCUT2D eigenvalue weighted by molar-refractivity contribution is 0.868. The van der Waals surface area contributed by atoms with Gasteiger partial charge in [0.2, 0.25) is 0 Å². The van der Waals surface area contributed by atoms with Gasteiger partial charge >= 0.3 is 0 Å². The summed E-state index contributed by atoms with van der Waals surface area (Å²) in [5.41, 5.74) is 4.65. The van der Waals surface area contributed by atoms with Gasteiger partial charge in [0.15, 0.2) is 0 Å². The maximum Gasteiger partial charge on any atom is 0.0851 e. The Labute approximate surface area is 78.7 Å². The first kappa shape index (κ1) is 8.42. The van der Waals surface area contributed by atoms with Gasteiger partial charge in [0.25, 0.3) is 0 Å². The van der Waals surface area contributed by atoms with Crippen molar-refractivity contribution in [1.29, 1.82) is 0 Å². The predicted molar refractivity (Wildman–Crippen MR) is 54.6 cm³/mol. The van der Waals surface area contributed by atoms with E-state index in [0.717, 1.165) is 17.8 Å². The zero-order valence-corrected chi connectivity index (χ0v) is 8.33. The Bertz CT molecular complexity index is 364. The van der Waals surface area contributed by atoms with E-state index in [4.69, 9.17) is 0 Å². The molecule has 0 fully saturated rings. The van der Waals surface area contributed by atoms with Gasteiger partial charge in [0.1, 0.15) is 0 Å². The second kappa shape index (κ2) is 2.95. The Morgan fingerprint density at radius 1 is 1.38 bits per heavy atom. The molecule has 2 nitrogen and oxygen atoms in total. The summed E-state index contributed by atoms with van der Waals surface area (Å²) < 4.78 is 0. The monoisotopic (exact) mass is 174 g/mol. The van der Waals surface area contributed by atoms with Crippen LogP contribution in [0.2, 0.25) is 0 Å². The number of nitrogens with zero attached hydrogens (tertiary/aromatic N) is 2. The van der Waals surface area contributed by atoms with Gasteiger partial charge in [-0.3, -0.25) is 9.98 Å². The highest BCUT2D eigenvalue weighted by atomic mass is 14.9. The van der Waals surface area contributed by atoms with Crippen LogP contribution in [0.25, 0.3) is 0 Å². The third-order valence-corrected chi connectivity index (χ3v) is 2.36. The Balaban J connectivity index is 2.38. The summed E-state index contributed by atoms with van der Waals surface area (Å²) in [7, 11) is 0. The predicted octanol–water partition coefficient (Wildman–Crippen LogP) is 2.67. The van der Waals surface area contributed by atoms with Crippen LogP contribution in [-0.2, 0) is 6.42 Å². The van der Waals surface area contributed by atoms with E-state index in [9.17, 15) is 0 Å². The Hall–Kier alpha value is -1.18. The highest BCUT2D eigenvalue weighted by Crippen LogP contribution is 2.27. The second-order valence-corrected chi connectivity index (χ2v) is 3.91. The van der Waals surface area contributed by atoms with Crippen LogP contribution >= 0.6 is 0 Å². The second-order valence-electron chi connectivity index (χ2n) is 3.91. The molecule has 0 N–H and O–H groups in total. The van der Waals surface area contributed by atoms with Crippen molar-refractivity contribution in [3.63, 3.8) is 0 Å². The van der Waals surface area contributed by atoms with Crippen molar-refractivity contribution in [1.82, 2.24) is 4.98 Å². The molecule has 13 heavy (non-hydrogen) atoms. The lowest BCUT2D eigenvalue weighted by atomic mass is 10.1. The van der Waals surface area contributed by atoms with Gasteiger partial charge in [-0.15, -0.1) is 0 Å². The molecule has 0 aromatic carbocycles. The molecular weight excluding hydrogens is 160 g/mol. The number of aryl methyl sites for hydroxylation is 1. The first-order valence-corrected chi connectivity index (χ1v) is 4.70. The minimum absolute atomic E-state index is 0.537. The van der Waals surface area contributed by atoms with Crippen molar-refractivity contribution in [2.45, 2.75) is 27.2 Å². The van der Waals surface area contributed by atoms with Crippen LogP contribution in [0, 0.1) is 12.8 Å². The average Bonchev–Trinajstić information content (AvgIpc) is 2.46. The van der Waals surface area contributed by atoms with E-state index in [1.807, 2.05) is 6.20 Å². The van der Waals surface area contributed by atoms with Gasteiger partial charge in [-0.05, 0) is 24.5 Å². The fourth-order valence-electron chi connectivity index (χ4n) is 1.51. The smallest absolute Gasteiger partial charge is 0.0851 e. The van der Waals surface area contributed by atoms with Crippen LogP contribution in [0.15, 0.2) is 17.3 Å². The molecule has 1 aliphatic heterocycles. The van der Waals surface area contributed by atoms with Crippen LogP contribution in [0.1, 0.15) is 25.1 Å². The molecule has 0 aliphatic carbocycles. The van der Waals surface area contributed by atoms with Gasteiger partial charge in [-0.25, -0.2) is 0 Å². The SMILES string of the molecule is Cc1cnc2c(c1)N=C(C(C)C)C2. The van der Waals surface area contributed by atoms with Gasteiger partial charge < -0.3 is 0 Å². The standard InChI is InChI=1S/C11H14N2/c1-7(2)9-5-10-11(13-9)4-8(3)6-12-10/h4,6-7H,5H2,1-3H3. The largest absolute Gasteiger partial charge is 0.258 e. The van der Waals surface area contributed by atoms with Gasteiger partial charge in [-0.2, -0.15) is 0 Å². The van der Waals surface area contributed by atoms with E-state index < -0.39 is 0 Å². The average molecular weight is 174 g/mol. The normalized spacial score (nSPS) is 14.6.